The minimum atomic E-state index is -3.53. The first-order valence-corrected chi connectivity index (χ1v) is 8.74. The van der Waals surface area contributed by atoms with Crippen LogP contribution in [0.3, 0.4) is 0 Å². The van der Waals surface area contributed by atoms with Gasteiger partial charge in [0.25, 0.3) is 10.0 Å². The number of aromatic amines is 1. The Labute approximate surface area is 135 Å². The fourth-order valence-electron chi connectivity index (χ4n) is 2.73. The molecular weight excluding hydrogens is 314 g/mol. The van der Waals surface area contributed by atoms with E-state index in [1.54, 1.807) is 0 Å². The van der Waals surface area contributed by atoms with Gasteiger partial charge in [-0.25, -0.2) is 13.4 Å². The zero-order valence-corrected chi connectivity index (χ0v) is 13.3. The summed E-state index contributed by atoms with van der Waals surface area (Å²) in [7, 11) is -3.53. The van der Waals surface area contributed by atoms with Gasteiger partial charge in [-0.1, -0.05) is 30.3 Å². The van der Waals surface area contributed by atoms with Crippen LogP contribution < -0.4 is 0 Å². The molecule has 2 heterocycles. The first-order valence-electron chi connectivity index (χ1n) is 7.30. The van der Waals surface area contributed by atoms with Crippen molar-refractivity contribution in [3.63, 3.8) is 0 Å². The second-order valence-corrected chi connectivity index (χ2v) is 7.20. The maximum absolute atomic E-state index is 12.4. The lowest BCUT2D eigenvalue weighted by Gasteiger charge is -2.36. The third-order valence-electron chi connectivity index (χ3n) is 3.97. The molecule has 8 heteroatoms. The summed E-state index contributed by atoms with van der Waals surface area (Å²) >= 11 is 0. The molecule has 0 amide bonds. The smallest absolute Gasteiger partial charge is 0.260 e. The molecule has 0 radical (unpaired) electrons. The largest absolute Gasteiger partial charge is 0.335 e. The molecule has 0 saturated carbocycles. The number of piperazine rings is 1. The van der Waals surface area contributed by atoms with E-state index >= 15 is 0 Å². The van der Waals surface area contributed by atoms with Crippen LogP contribution in [0.25, 0.3) is 0 Å². The molecule has 23 heavy (non-hydrogen) atoms. The number of hydrogen-bond acceptors (Lipinski definition) is 5. The molecule has 0 spiro atoms. The Hall–Kier alpha value is -2.21. The van der Waals surface area contributed by atoms with Crippen molar-refractivity contribution in [3.05, 3.63) is 48.4 Å². The van der Waals surface area contributed by atoms with Crippen molar-refractivity contribution >= 4 is 10.0 Å². The van der Waals surface area contributed by atoms with E-state index in [4.69, 9.17) is 0 Å². The van der Waals surface area contributed by atoms with E-state index in [9.17, 15) is 13.7 Å². The number of rotatable bonds is 4. The van der Waals surface area contributed by atoms with Crippen molar-refractivity contribution < 1.29 is 8.42 Å². The van der Waals surface area contributed by atoms with Gasteiger partial charge in [0.05, 0.1) is 18.6 Å². The van der Waals surface area contributed by atoms with E-state index < -0.39 is 10.0 Å². The molecule has 1 atom stereocenters. The number of nitrogens with one attached hydrogen (secondary N) is 1. The lowest BCUT2D eigenvalue weighted by molar-refractivity contribution is 0.162. The molecular formula is C15H17N5O2S. The normalized spacial score (nSPS) is 18.4. The summed E-state index contributed by atoms with van der Waals surface area (Å²) in [5, 5.41) is 9.57. The van der Waals surface area contributed by atoms with Crippen molar-refractivity contribution in [1.29, 1.82) is 5.26 Å². The predicted molar refractivity (Wildman–Crippen MR) is 83.7 cm³/mol. The number of sulfonamides is 1. The Morgan fingerprint density at radius 3 is 2.43 bits per heavy atom. The Balaban J connectivity index is 1.70. The fraction of sp³-hybridized carbons (Fsp3) is 0.333. The third kappa shape index (κ3) is 3.12. The second-order valence-electron chi connectivity index (χ2n) is 5.30. The van der Waals surface area contributed by atoms with Crippen molar-refractivity contribution in [1.82, 2.24) is 19.2 Å². The first-order chi connectivity index (χ1) is 11.1. The Kier molecular flexibility index (Phi) is 4.43. The minimum Gasteiger partial charge on any atom is -0.335 e. The van der Waals surface area contributed by atoms with Crippen LogP contribution in [0.4, 0.5) is 0 Å². The molecule has 1 aliphatic heterocycles. The van der Waals surface area contributed by atoms with Gasteiger partial charge < -0.3 is 4.98 Å². The molecule has 1 N–H and O–H groups in total. The highest BCUT2D eigenvalue weighted by Crippen LogP contribution is 2.23. The zero-order valence-electron chi connectivity index (χ0n) is 12.5. The van der Waals surface area contributed by atoms with E-state index in [2.05, 4.69) is 16.0 Å². The molecule has 0 aliphatic carbocycles. The summed E-state index contributed by atoms with van der Waals surface area (Å²) in [4.78, 5) is 8.41. The molecule has 1 aliphatic rings. The Bertz CT molecular complexity index is 775. The summed E-state index contributed by atoms with van der Waals surface area (Å²) in [6.07, 6.45) is 2.66. The maximum Gasteiger partial charge on any atom is 0.260 e. The van der Waals surface area contributed by atoms with Crippen LogP contribution >= 0.6 is 0 Å². The van der Waals surface area contributed by atoms with Crippen LogP contribution in [-0.2, 0) is 10.0 Å². The molecule has 120 valence electrons. The molecule has 1 fully saturated rings. The highest BCUT2D eigenvalue weighted by molar-refractivity contribution is 7.89. The van der Waals surface area contributed by atoms with Crippen molar-refractivity contribution in [2.75, 3.05) is 26.2 Å². The van der Waals surface area contributed by atoms with Crippen LogP contribution in [0.2, 0.25) is 0 Å². The molecule has 1 aromatic heterocycles. The molecule has 1 unspecified atom stereocenters. The van der Waals surface area contributed by atoms with Crippen molar-refractivity contribution in [3.8, 4) is 6.07 Å². The summed E-state index contributed by atoms with van der Waals surface area (Å²) in [6, 6.07) is 11.5. The second kappa shape index (κ2) is 6.50. The average Bonchev–Trinajstić information content (AvgIpc) is 3.12. The maximum atomic E-state index is 12.4. The van der Waals surface area contributed by atoms with Gasteiger partial charge in [-0.15, -0.1) is 0 Å². The molecule has 1 aromatic carbocycles. The summed E-state index contributed by atoms with van der Waals surface area (Å²) in [5.41, 5.74) is 0.930. The van der Waals surface area contributed by atoms with Gasteiger partial charge in [-0.3, -0.25) is 4.90 Å². The fourth-order valence-corrected chi connectivity index (χ4v) is 4.05. The van der Waals surface area contributed by atoms with Gasteiger partial charge in [0.15, 0.2) is 5.03 Å². The lowest BCUT2D eigenvalue weighted by Crippen LogP contribution is -2.49. The number of H-pyrrole nitrogens is 1. The molecule has 1 saturated heterocycles. The van der Waals surface area contributed by atoms with Crippen LogP contribution in [0, 0.1) is 11.3 Å². The molecule has 3 rings (SSSR count). The van der Waals surface area contributed by atoms with Gasteiger partial charge in [-0.2, -0.15) is 9.57 Å². The van der Waals surface area contributed by atoms with Crippen molar-refractivity contribution in [2.24, 2.45) is 0 Å². The van der Waals surface area contributed by atoms with Gasteiger partial charge >= 0.3 is 0 Å². The number of nitrogens with zero attached hydrogens (tertiary/aromatic N) is 4. The van der Waals surface area contributed by atoms with Gasteiger partial charge in [-0.05, 0) is 5.56 Å². The Morgan fingerprint density at radius 1 is 1.17 bits per heavy atom. The standard InChI is InChI=1S/C15H17N5O2S/c16-10-14(13-4-2-1-3-5-13)19-6-8-20(9-7-19)23(21,22)15-11-17-12-18-15/h1-5,11-12,14H,6-9H2,(H,17,18). The molecule has 2 aromatic rings. The van der Waals surface area contributed by atoms with E-state index in [1.807, 2.05) is 35.2 Å². The van der Waals surface area contributed by atoms with E-state index in [1.165, 1.54) is 16.8 Å². The summed E-state index contributed by atoms with van der Waals surface area (Å²) in [6.45, 7) is 1.74. The van der Waals surface area contributed by atoms with Gasteiger partial charge in [0.1, 0.15) is 6.04 Å². The first kappa shape index (κ1) is 15.7. The highest BCUT2D eigenvalue weighted by Gasteiger charge is 2.32. The van der Waals surface area contributed by atoms with E-state index in [0.29, 0.717) is 26.2 Å². The zero-order chi connectivity index (χ0) is 16.3. The monoisotopic (exact) mass is 331 g/mol. The van der Waals surface area contributed by atoms with E-state index in [0.717, 1.165) is 5.56 Å². The van der Waals surface area contributed by atoms with E-state index in [-0.39, 0.29) is 11.1 Å². The van der Waals surface area contributed by atoms with Crippen LogP contribution in [0.5, 0.6) is 0 Å². The van der Waals surface area contributed by atoms with Gasteiger partial charge in [0, 0.05) is 26.2 Å². The summed E-state index contributed by atoms with van der Waals surface area (Å²) in [5.74, 6) is 0. The number of aromatic nitrogens is 2. The lowest BCUT2D eigenvalue weighted by atomic mass is 10.1. The third-order valence-corrected chi connectivity index (χ3v) is 5.79. The topological polar surface area (TPSA) is 93.1 Å². The highest BCUT2D eigenvalue weighted by atomic mass is 32.2. The SMILES string of the molecule is N#CC(c1ccccc1)N1CCN(S(=O)(=O)c2cnc[nH]2)CC1. The average molecular weight is 331 g/mol. The predicted octanol–water partition coefficient (Wildman–Crippen LogP) is 0.981. The number of nitriles is 1. The number of benzene rings is 1. The molecule has 7 nitrogen and oxygen atoms in total. The quantitative estimate of drug-likeness (QED) is 0.901. The number of hydrogen-bond donors (Lipinski definition) is 1. The minimum absolute atomic E-state index is 0.103. The van der Waals surface area contributed by atoms with Crippen LogP contribution in [0.15, 0.2) is 47.9 Å². The van der Waals surface area contributed by atoms with Gasteiger partial charge in [0.2, 0.25) is 0 Å². The number of imidazole rings is 1. The van der Waals surface area contributed by atoms with Crippen molar-refractivity contribution in [2.45, 2.75) is 11.1 Å². The summed E-state index contributed by atoms with van der Waals surface area (Å²) < 4.78 is 26.3. The Morgan fingerprint density at radius 2 is 1.87 bits per heavy atom. The molecule has 0 bridgehead atoms. The van der Waals surface area contributed by atoms with Crippen LogP contribution in [-0.4, -0.2) is 53.8 Å². The van der Waals surface area contributed by atoms with Crippen LogP contribution in [0.1, 0.15) is 11.6 Å².